The highest BCUT2D eigenvalue weighted by atomic mass is 16.5. The second kappa shape index (κ2) is 9.17. The lowest BCUT2D eigenvalue weighted by Gasteiger charge is -2.08. The highest BCUT2D eigenvalue weighted by Gasteiger charge is 2.11. The summed E-state index contributed by atoms with van der Waals surface area (Å²) in [5.74, 6) is -0.000164. The number of esters is 2. The third-order valence-corrected chi connectivity index (χ3v) is 4.34. The fourth-order valence-corrected chi connectivity index (χ4v) is 2.72. The Balaban J connectivity index is 1.71. The Labute approximate surface area is 169 Å². The summed E-state index contributed by atoms with van der Waals surface area (Å²) in [6.45, 7) is 5.80. The van der Waals surface area contributed by atoms with Crippen molar-refractivity contribution in [2.45, 2.75) is 13.3 Å². The second-order valence-electron chi connectivity index (χ2n) is 6.67. The number of methoxy groups -OCH3 is 1. The number of hydrogen-bond donors (Lipinski definition) is 0. The fraction of sp³-hybridized carbons (Fsp3) is 0.167. The van der Waals surface area contributed by atoms with Crippen LogP contribution in [0.4, 0.5) is 0 Å². The van der Waals surface area contributed by atoms with E-state index in [4.69, 9.17) is 14.2 Å². The summed E-state index contributed by atoms with van der Waals surface area (Å²) in [7, 11) is 1.66. The van der Waals surface area contributed by atoms with Gasteiger partial charge in [0, 0.05) is 12.7 Å². The van der Waals surface area contributed by atoms with Crippen LogP contribution in [0.25, 0.3) is 10.8 Å². The van der Waals surface area contributed by atoms with Crippen molar-refractivity contribution in [2.75, 3.05) is 13.7 Å². The average Bonchev–Trinajstić information content (AvgIpc) is 2.72. The van der Waals surface area contributed by atoms with Crippen LogP contribution in [-0.4, -0.2) is 25.7 Å². The van der Waals surface area contributed by atoms with Crippen molar-refractivity contribution in [3.05, 3.63) is 83.9 Å². The van der Waals surface area contributed by atoms with E-state index in [0.29, 0.717) is 29.2 Å². The molecular formula is C24H22O5. The van der Waals surface area contributed by atoms with E-state index < -0.39 is 11.9 Å². The number of hydrogen-bond acceptors (Lipinski definition) is 5. The molecule has 0 aliphatic heterocycles. The molecule has 0 radical (unpaired) electrons. The summed E-state index contributed by atoms with van der Waals surface area (Å²) in [6, 6.07) is 17.8. The number of fused-ring (bicyclic) bond motifs is 1. The van der Waals surface area contributed by atoms with E-state index in [1.807, 2.05) is 12.1 Å². The van der Waals surface area contributed by atoms with Gasteiger partial charge in [-0.2, -0.15) is 0 Å². The minimum Gasteiger partial charge on any atom is -0.423 e. The molecule has 0 N–H and O–H groups in total. The fourth-order valence-electron chi connectivity index (χ4n) is 2.72. The molecule has 0 saturated heterocycles. The van der Waals surface area contributed by atoms with Gasteiger partial charge < -0.3 is 14.2 Å². The monoisotopic (exact) mass is 390 g/mol. The van der Waals surface area contributed by atoms with Crippen LogP contribution in [0.3, 0.4) is 0 Å². The summed E-state index contributed by atoms with van der Waals surface area (Å²) >= 11 is 0. The van der Waals surface area contributed by atoms with Gasteiger partial charge in [-0.1, -0.05) is 30.8 Å². The molecule has 3 aromatic rings. The van der Waals surface area contributed by atoms with E-state index in [9.17, 15) is 9.59 Å². The third-order valence-electron chi connectivity index (χ3n) is 4.34. The highest BCUT2D eigenvalue weighted by Crippen LogP contribution is 2.23. The van der Waals surface area contributed by atoms with Gasteiger partial charge in [-0.15, -0.1) is 0 Å². The molecule has 0 unspecified atom stereocenters. The van der Waals surface area contributed by atoms with Crippen LogP contribution in [0, 0.1) is 0 Å². The van der Waals surface area contributed by atoms with Gasteiger partial charge >= 0.3 is 11.9 Å². The molecule has 0 bridgehead atoms. The van der Waals surface area contributed by atoms with Gasteiger partial charge in [0.15, 0.2) is 0 Å². The lowest BCUT2D eigenvalue weighted by molar-refractivity contribution is -0.130. The van der Waals surface area contributed by atoms with Crippen LogP contribution in [0.15, 0.2) is 72.8 Å². The summed E-state index contributed by atoms with van der Waals surface area (Å²) in [4.78, 5) is 24.1. The molecule has 0 amide bonds. The van der Waals surface area contributed by atoms with Gasteiger partial charge in [-0.3, -0.25) is 0 Å². The van der Waals surface area contributed by atoms with E-state index in [-0.39, 0.29) is 0 Å². The number of benzene rings is 3. The Morgan fingerprint density at radius 2 is 1.52 bits per heavy atom. The molecule has 0 aliphatic rings. The first-order valence-corrected chi connectivity index (χ1v) is 9.18. The quantitative estimate of drug-likeness (QED) is 0.332. The molecule has 29 heavy (non-hydrogen) atoms. The number of ether oxygens (including phenoxy) is 3. The molecule has 5 nitrogen and oxygen atoms in total. The van der Waals surface area contributed by atoms with Crippen molar-refractivity contribution in [3.8, 4) is 11.5 Å². The summed E-state index contributed by atoms with van der Waals surface area (Å²) in [5, 5.41) is 1.68. The van der Waals surface area contributed by atoms with Crippen LogP contribution >= 0.6 is 0 Å². The van der Waals surface area contributed by atoms with Gasteiger partial charge in [0.1, 0.15) is 11.5 Å². The minimum atomic E-state index is -0.474. The first-order chi connectivity index (χ1) is 14.0. The largest absolute Gasteiger partial charge is 0.423 e. The van der Waals surface area contributed by atoms with E-state index >= 15 is 0 Å². The van der Waals surface area contributed by atoms with Crippen molar-refractivity contribution in [1.29, 1.82) is 0 Å². The smallest absolute Gasteiger partial charge is 0.343 e. The predicted molar refractivity (Wildman–Crippen MR) is 111 cm³/mol. The summed E-state index contributed by atoms with van der Waals surface area (Å²) in [5.41, 5.74) is 1.88. The molecule has 0 fully saturated rings. The topological polar surface area (TPSA) is 61.8 Å². The van der Waals surface area contributed by atoms with Gasteiger partial charge in [-0.25, -0.2) is 9.59 Å². The van der Waals surface area contributed by atoms with Crippen LogP contribution in [0.5, 0.6) is 11.5 Å². The Kier molecular flexibility index (Phi) is 6.42. The summed E-state index contributed by atoms with van der Waals surface area (Å²) in [6.07, 6.45) is 0.805. The predicted octanol–water partition coefficient (Wildman–Crippen LogP) is 4.73. The maximum absolute atomic E-state index is 12.5. The molecule has 0 aliphatic carbocycles. The van der Waals surface area contributed by atoms with E-state index in [1.165, 1.54) is 0 Å². The Bertz CT molecular complexity index is 1050. The van der Waals surface area contributed by atoms with Gasteiger partial charge in [0.25, 0.3) is 0 Å². The van der Waals surface area contributed by atoms with Crippen molar-refractivity contribution < 1.29 is 23.8 Å². The Morgan fingerprint density at radius 3 is 2.21 bits per heavy atom. The highest BCUT2D eigenvalue weighted by molar-refractivity contribution is 5.97. The Morgan fingerprint density at radius 1 is 0.862 bits per heavy atom. The van der Waals surface area contributed by atoms with E-state index in [0.717, 1.165) is 22.8 Å². The molecule has 3 rings (SSSR count). The molecule has 0 aromatic heterocycles. The van der Waals surface area contributed by atoms with Gasteiger partial charge in [-0.05, 0) is 66.1 Å². The SMILES string of the molecule is C=C(C)C(=O)Oc1ccc2cc(C(=O)Oc3ccc(CCOC)cc3)ccc2c1. The molecule has 0 spiro atoms. The lowest BCUT2D eigenvalue weighted by atomic mass is 10.1. The maximum Gasteiger partial charge on any atom is 0.343 e. The molecule has 0 saturated carbocycles. The van der Waals surface area contributed by atoms with Crippen LogP contribution in [0.2, 0.25) is 0 Å². The van der Waals surface area contributed by atoms with Crippen molar-refractivity contribution in [1.82, 2.24) is 0 Å². The van der Waals surface area contributed by atoms with Crippen molar-refractivity contribution in [2.24, 2.45) is 0 Å². The third kappa shape index (κ3) is 5.30. The van der Waals surface area contributed by atoms with E-state index in [1.54, 1.807) is 62.6 Å². The zero-order valence-corrected chi connectivity index (χ0v) is 16.4. The number of carbonyl (C=O) groups is 2. The standard InChI is InChI=1S/C24H22O5/c1-16(2)23(25)29-22-11-8-18-14-20(7-6-19(18)15-22)24(26)28-21-9-4-17(5-10-21)12-13-27-3/h4-11,14-15H,1,12-13H2,2-3H3. The zero-order valence-electron chi connectivity index (χ0n) is 16.4. The van der Waals surface area contributed by atoms with Gasteiger partial charge in [0.2, 0.25) is 0 Å². The lowest BCUT2D eigenvalue weighted by Crippen LogP contribution is -2.09. The second-order valence-corrected chi connectivity index (χ2v) is 6.67. The average molecular weight is 390 g/mol. The first-order valence-electron chi connectivity index (χ1n) is 9.18. The molecule has 0 heterocycles. The molecular weight excluding hydrogens is 368 g/mol. The molecule has 3 aromatic carbocycles. The zero-order chi connectivity index (χ0) is 20.8. The molecule has 0 atom stereocenters. The number of carbonyl (C=O) groups excluding carboxylic acids is 2. The molecule has 5 heteroatoms. The minimum absolute atomic E-state index is 0.329. The molecule has 148 valence electrons. The summed E-state index contributed by atoms with van der Waals surface area (Å²) < 4.78 is 15.8. The normalized spacial score (nSPS) is 10.6. The van der Waals surface area contributed by atoms with Crippen LogP contribution in [0.1, 0.15) is 22.8 Å². The van der Waals surface area contributed by atoms with Crippen LogP contribution < -0.4 is 9.47 Å². The maximum atomic E-state index is 12.5. The first kappa shape index (κ1) is 20.3. The Hall–Kier alpha value is -3.44. The van der Waals surface area contributed by atoms with Crippen molar-refractivity contribution in [3.63, 3.8) is 0 Å². The van der Waals surface area contributed by atoms with Crippen molar-refractivity contribution >= 4 is 22.7 Å². The van der Waals surface area contributed by atoms with Gasteiger partial charge in [0.05, 0.1) is 12.2 Å². The number of rotatable bonds is 7. The van der Waals surface area contributed by atoms with E-state index in [2.05, 4.69) is 6.58 Å². The van der Waals surface area contributed by atoms with Crippen LogP contribution in [-0.2, 0) is 16.0 Å².